The third kappa shape index (κ3) is 4.14. The van der Waals surface area contributed by atoms with E-state index in [0.29, 0.717) is 12.5 Å². The van der Waals surface area contributed by atoms with Gasteiger partial charge in [0.15, 0.2) is 0 Å². The van der Waals surface area contributed by atoms with Gasteiger partial charge >= 0.3 is 6.03 Å². The number of rotatable bonds is 5. The molecule has 2 N–H and O–H groups in total. The van der Waals surface area contributed by atoms with Crippen molar-refractivity contribution in [2.75, 3.05) is 13.1 Å². The van der Waals surface area contributed by atoms with Crippen LogP contribution in [0, 0.1) is 5.92 Å². The molecule has 6 heteroatoms. The molecule has 0 spiro atoms. The summed E-state index contributed by atoms with van der Waals surface area (Å²) in [5.74, 6) is 0.441. The Hall–Kier alpha value is -2.34. The highest BCUT2D eigenvalue weighted by molar-refractivity contribution is 5.74. The van der Waals surface area contributed by atoms with E-state index < -0.39 is 0 Å². The number of benzene rings is 1. The van der Waals surface area contributed by atoms with E-state index in [1.54, 1.807) is 10.9 Å². The largest absolute Gasteiger partial charge is 0.334 e. The van der Waals surface area contributed by atoms with Gasteiger partial charge in [0.1, 0.15) is 0 Å². The summed E-state index contributed by atoms with van der Waals surface area (Å²) in [6.07, 6.45) is 1.73. The van der Waals surface area contributed by atoms with Crippen molar-refractivity contribution < 1.29 is 4.79 Å². The maximum absolute atomic E-state index is 12.1. The first-order valence-corrected chi connectivity index (χ1v) is 8.39. The van der Waals surface area contributed by atoms with Crippen molar-refractivity contribution in [1.29, 1.82) is 0 Å². The van der Waals surface area contributed by atoms with Gasteiger partial charge in [-0.25, -0.2) is 4.79 Å². The van der Waals surface area contributed by atoms with Crippen molar-refractivity contribution >= 4 is 6.03 Å². The minimum atomic E-state index is -0.116. The van der Waals surface area contributed by atoms with E-state index in [1.165, 1.54) is 5.56 Å². The molecular weight excluding hydrogens is 302 g/mol. The van der Waals surface area contributed by atoms with Crippen molar-refractivity contribution in [3.63, 3.8) is 0 Å². The molecule has 1 aliphatic rings. The molecule has 6 nitrogen and oxygen atoms in total. The van der Waals surface area contributed by atoms with E-state index in [-0.39, 0.29) is 12.1 Å². The Morgan fingerprint density at radius 3 is 2.75 bits per heavy atom. The van der Waals surface area contributed by atoms with Crippen LogP contribution in [0.25, 0.3) is 0 Å². The van der Waals surface area contributed by atoms with Crippen molar-refractivity contribution in [3.05, 3.63) is 53.9 Å². The first-order valence-electron chi connectivity index (χ1n) is 8.39. The number of aryl methyl sites for hydroxylation is 1. The van der Waals surface area contributed by atoms with Crippen molar-refractivity contribution in [2.24, 2.45) is 13.0 Å². The molecule has 1 saturated heterocycles. The minimum Gasteiger partial charge on any atom is -0.334 e. The average molecular weight is 327 g/mol. The number of nitrogens with one attached hydrogen (secondary N) is 2. The lowest BCUT2D eigenvalue weighted by molar-refractivity contribution is 0.234. The Bertz CT molecular complexity index is 669. The highest BCUT2D eigenvalue weighted by Gasteiger charge is 2.30. The van der Waals surface area contributed by atoms with Crippen LogP contribution in [0.5, 0.6) is 0 Å². The fourth-order valence-corrected chi connectivity index (χ4v) is 3.19. The zero-order valence-electron chi connectivity index (χ0n) is 14.3. The van der Waals surface area contributed by atoms with Gasteiger partial charge < -0.3 is 10.6 Å². The fourth-order valence-electron chi connectivity index (χ4n) is 3.19. The summed E-state index contributed by atoms with van der Waals surface area (Å²) in [5.41, 5.74) is 2.29. The number of aromatic nitrogens is 2. The molecule has 0 aliphatic carbocycles. The van der Waals surface area contributed by atoms with Gasteiger partial charge in [-0.05, 0) is 17.5 Å². The summed E-state index contributed by atoms with van der Waals surface area (Å²) in [4.78, 5) is 14.5. The molecule has 1 aromatic heterocycles. The van der Waals surface area contributed by atoms with Crippen LogP contribution in [0.1, 0.15) is 18.2 Å². The quantitative estimate of drug-likeness (QED) is 0.879. The van der Waals surface area contributed by atoms with Gasteiger partial charge in [0.25, 0.3) is 0 Å². The van der Waals surface area contributed by atoms with E-state index in [9.17, 15) is 4.79 Å². The van der Waals surface area contributed by atoms with Gasteiger partial charge in [-0.3, -0.25) is 9.58 Å². The van der Waals surface area contributed by atoms with Gasteiger partial charge in [-0.15, -0.1) is 0 Å². The molecule has 128 valence electrons. The third-order valence-electron chi connectivity index (χ3n) is 4.61. The Labute approximate surface area is 142 Å². The molecule has 2 amide bonds. The number of likely N-dealkylation sites (tertiary alicyclic amines) is 1. The van der Waals surface area contributed by atoms with Crippen LogP contribution < -0.4 is 10.6 Å². The van der Waals surface area contributed by atoms with Crippen LogP contribution in [-0.2, 0) is 20.1 Å². The van der Waals surface area contributed by atoms with Gasteiger partial charge in [0.05, 0.1) is 12.2 Å². The molecule has 0 unspecified atom stereocenters. The van der Waals surface area contributed by atoms with Crippen LogP contribution in [-0.4, -0.2) is 39.8 Å². The van der Waals surface area contributed by atoms with E-state index >= 15 is 0 Å². The summed E-state index contributed by atoms with van der Waals surface area (Å²) in [6, 6.07) is 12.4. The normalized spacial score (nSPS) is 20.9. The topological polar surface area (TPSA) is 62.2 Å². The van der Waals surface area contributed by atoms with Crippen LogP contribution >= 0.6 is 0 Å². The molecule has 2 heterocycles. The molecule has 1 aromatic carbocycles. The highest BCUT2D eigenvalue weighted by atomic mass is 16.2. The van der Waals surface area contributed by atoms with E-state index in [1.807, 2.05) is 19.2 Å². The average Bonchev–Trinajstić information content (AvgIpc) is 3.12. The predicted molar refractivity (Wildman–Crippen MR) is 93.3 cm³/mol. The lowest BCUT2D eigenvalue weighted by Gasteiger charge is -2.18. The zero-order chi connectivity index (χ0) is 16.9. The summed E-state index contributed by atoms with van der Waals surface area (Å²) in [6.45, 7) is 5.49. The molecule has 24 heavy (non-hydrogen) atoms. The number of urea groups is 1. The third-order valence-corrected chi connectivity index (χ3v) is 4.61. The molecule has 3 rings (SSSR count). The molecule has 1 fully saturated rings. The molecule has 2 aromatic rings. The molecular formula is C18H25N5O. The predicted octanol–water partition coefficient (Wildman–Crippen LogP) is 1.74. The summed E-state index contributed by atoms with van der Waals surface area (Å²) in [7, 11) is 1.87. The van der Waals surface area contributed by atoms with Gasteiger partial charge in [-0.1, -0.05) is 37.3 Å². The molecule has 1 aliphatic heterocycles. The Balaban J connectivity index is 1.46. The molecule has 0 radical (unpaired) electrons. The van der Waals surface area contributed by atoms with Crippen molar-refractivity contribution in [2.45, 2.75) is 26.1 Å². The monoisotopic (exact) mass is 327 g/mol. The number of hydrogen-bond acceptors (Lipinski definition) is 3. The van der Waals surface area contributed by atoms with Gasteiger partial charge in [-0.2, -0.15) is 5.10 Å². The molecule has 0 bridgehead atoms. The van der Waals surface area contributed by atoms with E-state index in [4.69, 9.17) is 0 Å². The first-order chi connectivity index (χ1) is 11.6. The maximum atomic E-state index is 12.1. The van der Waals surface area contributed by atoms with Gasteiger partial charge in [0.2, 0.25) is 0 Å². The minimum absolute atomic E-state index is 0.116. The second-order valence-electron chi connectivity index (χ2n) is 6.54. The fraction of sp³-hybridized carbons (Fsp3) is 0.444. The van der Waals surface area contributed by atoms with E-state index in [0.717, 1.165) is 25.3 Å². The summed E-state index contributed by atoms with van der Waals surface area (Å²) < 4.78 is 1.76. The smallest absolute Gasteiger partial charge is 0.315 e. The van der Waals surface area contributed by atoms with E-state index in [2.05, 4.69) is 51.8 Å². The number of carbonyl (C=O) groups excluding carboxylic acids is 1. The van der Waals surface area contributed by atoms with Crippen LogP contribution in [0.2, 0.25) is 0 Å². The van der Waals surface area contributed by atoms with Crippen LogP contribution in [0.15, 0.2) is 42.6 Å². The van der Waals surface area contributed by atoms with Crippen LogP contribution in [0.3, 0.4) is 0 Å². The number of carbonyl (C=O) groups is 1. The number of nitrogens with zero attached hydrogens (tertiary/aromatic N) is 3. The molecule has 2 atom stereocenters. The first kappa shape index (κ1) is 16.5. The maximum Gasteiger partial charge on any atom is 0.315 e. The lowest BCUT2D eigenvalue weighted by atomic mass is 10.1. The number of hydrogen-bond donors (Lipinski definition) is 2. The highest BCUT2D eigenvalue weighted by Crippen LogP contribution is 2.18. The Morgan fingerprint density at radius 2 is 2.04 bits per heavy atom. The number of amides is 2. The second kappa shape index (κ2) is 7.49. The van der Waals surface area contributed by atoms with Crippen LogP contribution in [0.4, 0.5) is 4.79 Å². The Kier molecular flexibility index (Phi) is 5.15. The van der Waals surface area contributed by atoms with Gasteiger partial charge in [0, 0.05) is 38.9 Å². The second-order valence-corrected chi connectivity index (χ2v) is 6.54. The standard InChI is InChI=1S/C18H25N5O/c1-14-11-23(12-15-6-4-3-5-7-15)13-17(14)21-18(24)19-10-16-8-9-20-22(16)2/h3-9,14,17H,10-13H2,1-2H3,(H2,19,21,24)/t14-,17-/m0/s1. The molecule has 0 saturated carbocycles. The van der Waals surface area contributed by atoms with Crippen molar-refractivity contribution in [1.82, 2.24) is 25.3 Å². The SMILES string of the molecule is C[C@H]1CN(Cc2ccccc2)C[C@@H]1NC(=O)NCc1ccnn1C. The Morgan fingerprint density at radius 1 is 1.25 bits per heavy atom. The summed E-state index contributed by atoms with van der Waals surface area (Å²) in [5, 5.41) is 10.1. The summed E-state index contributed by atoms with van der Waals surface area (Å²) >= 11 is 0. The zero-order valence-corrected chi connectivity index (χ0v) is 14.3. The van der Waals surface area contributed by atoms with Crippen molar-refractivity contribution in [3.8, 4) is 0 Å². The lowest BCUT2D eigenvalue weighted by Crippen LogP contribution is -2.45.